The van der Waals surface area contributed by atoms with Gasteiger partial charge in [-0.05, 0) is 29.7 Å². The van der Waals surface area contributed by atoms with E-state index in [2.05, 4.69) is 22.7 Å². The summed E-state index contributed by atoms with van der Waals surface area (Å²) in [5.74, 6) is -0.0318. The fraction of sp³-hybridized carbons (Fsp3) is 0.375. The molecule has 1 aromatic carbocycles. The number of fused-ring (bicyclic) bond motifs is 1. The Bertz CT molecular complexity index is 681. The summed E-state index contributed by atoms with van der Waals surface area (Å²) >= 11 is 0. The largest absolute Gasteiger partial charge is 0.348 e. The Kier molecular flexibility index (Phi) is 5.21. The second kappa shape index (κ2) is 6.94. The highest BCUT2D eigenvalue weighted by Gasteiger charge is 2.14. The third-order valence-electron chi connectivity index (χ3n) is 3.87. The fourth-order valence-electron chi connectivity index (χ4n) is 2.74. The molecule has 2 aromatic rings. The lowest BCUT2D eigenvalue weighted by Gasteiger charge is -2.06. The molecule has 1 aliphatic heterocycles. The molecule has 1 amide bonds. The molecule has 0 spiro atoms. The Labute approximate surface area is 136 Å². The molecule has 118 valence electrons. The van der Waals surface area contributed by atoms with Crippen LogP contribution in [0.1, 0.15) is 39.7 Å². The summed E-state index contributed by atoms with van der Waals surface area (Å²) in [5.41, 5.74) is 5.34. The smallest absolute Gasteiger partial charge is 0.251 e. The first-order chi connectivity index (χ1) is 10.2. The van der Waals surface area contributed by atoms with Crippen molar-refractivity contribution in [2.24, 2.45) is 7.05 Å². The Morgan fingerprint density at radius 2 is 2.14 bits per heavy atom. The second-order valence-electron chi connectivity index (χ2n) is 5.40. The molecule has 2 N–H and O–H groups in total. The first-order valence-electron chi connectivity index (χ1n) is 7.29. The van der Waals surface area contributed by atoms with E-state index in [1.165, 1.54) is 11.1 Å². The highest BCUT2D eigenvalue weighted by atomic mass is 35.5. The van der Waals surface area contributed by atoms with Gasteiger partial charge in [0.05, 0.1) is 5.69 Å². The lowest BCUT2D eigenvalue weighted by molar-refractivity contribution is 0.0950. The van der Waals surface area contributed by atoms with Crippen molar-refractivity contribution in [1.29, 1.82) is 0 Å². The van der Waals surface area contributed by atoms with Crippen LogP contribution in [-0.2, 0) is 33.1 Å². The van der Waals surface area contributed by atoms with Gasteiger partial charge in [0.1, 0.15) is 0 Å². The minimum absolute atomic E-state index is 0. The Balaban J connectivity index is 0.00000176. The van der Waals surface area contributed by atoms with Crippen molar-refractivity contribution in [1.82, 2.24) is 20.4 Å². The zero-order valence-corrected chi connectivity index (χ0v) is 13.7. The Morgan fingerprint density at radius 3 is 2.91 bits per heavy atom. The van der Waals surface area contributed by atoms with Gasteiger partial charge in [0, 0.05) is 44.0 Å². The number of nitrogens with one attached hydrogen (secondary N) is 2. The summed E-state index contributed by atoms with van der Waals surface area (Å²) in [6.45, 7) is 4.33. The number of hydrogen-bond donors (Lipinski definition) is 2. The van der Waals surface area contributed by atoms with E-state index in [1.54, 1.807) is 4.68 Å². The molecule has 0 atom stereocenters. The SMILES string of the molecule is CCc1nn(C)cc1CNC(=O)c1ccc2c(c1)CNC2.Cl. The summed E-state index contributed by atoms with van der Waals surface area (Å²) in [6, 6.07) is 5.91. The minimum atomic E-state index is -0.0318. The molecule has 1 aromatic heterocycles. The van der Waals surface area contributed by atoms with Crippen molar-refractivity contribution in [3.63, 3.8) is 0 Å². The zero-order chi connectivity index (χ0) is 14.8. The van der Waals surface area contributed by atoms with Gasteiger partial charge in [-0.3, -0.25) is 9.48 Å². The Hall–Kier alpha value is -1.85. The van der Waals surface area contributed by atoms with Gasteiger partial charge in [-0.1, -0.05) is 13.0 Å². The molecular formula is C16H21ClN4O. The molecule has 2 heterocycles. The van der Waals surface area contributed by atoms with Crippen LogP contribution < -0.4 is 10.6 Å². The summed E-state index contributed by atoms with van der Waals surface area (Å²) in [4.78, 5) is 12.3. The van der Waals surface area contributed by atoms with Crippen molar-refractivity contribution in [3.05, 3.63) is 52.3 Å². The van der Waals surface area contributed by atoms with Crippen LogP contribution in [0.2, 0.25) is 0 Å². The van der Waals surface area contributed by atoms with Crippen molar-refractivity contribution in [2.45, 2.75) is 33.0 Å². The standard InChI is InChI=1S/C16H20N4O.ClH/c1-3-15-14(10-20(2)19-15)9-18-16(21)11-4-5-12-7-17-8-13(12)6-11;/h4-6,10,17H,3,7-9H2,1-2H3,(H,18,21);1H. The normalized spacial score (nSPS) is 12.6. The summed E-state index contributed by atoms with van der Waals surface area (Å²) in [7, 11) is 1.90. The van der Waals surface area contributed by atoms with Crippen LogP contribution in [0.3, 0.4) is 0 Å². The number of halogens is 1. The number of hydrogen-bond acceptors (Lipinski definition) is 3. The first kappa shape index (κ1) is 16.5. The maximum atomic E-state index is 12.3. The van der Waals surface area contributed by atoms with Crippen LogP contribution in [0.15, 0.2) is 24.4 Å². The highest BCUT2D eigenvalue weighted by Crippen LogP contribution is 2.17. The van der Waals surface area contributed by atoms with Crippen molar-refractivity contribution in [3.8, 4) is 0 Å². The number of benzene rings is 1. The molecule has 0 aliphatic carbocycles. The maximum Gasteiger partial charge on any atom is 0.251 e. The van der Waals surface area contributed by atoms with Crippen LogP contribution >= 0.6 is 12.4 Å². The van der Waals surface area contributed by atoms with Gasteiger partial charge in [-0.15, -0.1) is 12.4 Å². The number of amides is 1. The topological polar surface area (TPSA) is 59.0 Å². The predicted octanol–water partition coefficient (Wildman–Crippen LogP) is 1.94. The molecule has 0 fully saturated rings. The van der Waals surface area contributed by atoms with E-state index in [4.69, 9.17) is 0 Å². The van der Waals surface area contributed by atoms with Gasteiger partial charge in [0.25, 0.3) is 5.91 Å². The van der Waals surface area contributed by atoms with E-state index in [9.17, 15) is 4.79 Å². The lowest BCUT2D eigenvalue weighted by atomic mass is 10.1. The van der Waals surface area contributed by atoms with E-state index in [0.717, 1.165) is 36.3 Å². The molecule has 0 radical (unpaired) electrons. The van der Waals surface area contributed by atoms with Crippen molar-refractivity contribution < 1.29 is 4.79 Å². The highest BCUT2D eigenvalue weighted by molar-refractivity contribution is 5.94. The second-order valence-corrected chi connectivity index (χ2v) is 5.40. The van der Waals surface area contributed by atoms with Crippen LogP contribution in [0.5, 0.6) is 0 Å². The van der Waals surface area contributed by atoms with Crippen LogP contribution in [-0.4, -0.2) is 15.7 Å². The summed E-state index contributed by atoms with van der Waals surface area (Å²) in [5, 5.41) is 10.7. The van der Waals surface area contributed by atoms with E-state index >= 15 is 0 Å². The summed E-state index contributed by atoms with van der Waals surface area (Å²) in [6.07, 6.45) is 2.84. The van der Waals surface area contributed by atoms with E-state index in [-0.39, 0.29) is 18.3 Å². The maximum absolute atomic E-state index is 12.3. The minimum Gasteiger partial charge on any atom is -0.348 e. The number of aryl methyl sites for hydroxylation is 2. The molecule has 3 rings (SSSR count). The number of carbonyl (C=O) groups excluding carboxylic acids is 1. The van der Waals surface area contributed by atoms with E-state index < -0.39 is 0 Å². The molecule has 0 saturated carbocycles. The van der Waals surface area contributed by atoms with Gasteiger partial charge >= 0.3 is 0 Å². The van der Waals surface area contributed by atoms with Crippen molar-refractivity contribution in [2.75, 3.05) is 0 Å². The molecule has 22 heavy (non-hydrogen) atoms. The molecule has 1 aliphatic rings. The van der Waals surface area contributed by atoms with Gasteiger partial charge in [-0.25, -0.2) is 0 Å². The number of nitrogens with zero attached hydrogens (tertiary/aromatic N) is 2. The first-order valence-corrected chi connectivity index (χ1v) is 7.29. The van der Waals surface area contributed by atoms with Gasteiger partial charge in [0.2, 0.25) is 0 Å². The average molecular weight is 321 g/mol. The number of aromatic nitrogens is 2. The molecule has 6 heteroatoms. The van der Waals surface area contributed by atoms with Gasteiger partial charge < -0.3 is 10.6 Å². The van der Waals surface area contributed by atoms with Crippen LogP contribution in [0.4, 0.5) is 0 Å². The zero-order valence-electron chi connectivity index (χ0n) is 12.8. The van der Waals surface area contributed by atoms with Crippen LogP contribution in [0, 0.1) is 0 Å². The molecule has 0 saturated heterocycles. The quantitative estimate of drug-likeness (QED) is 0.905. The number of rotatable bonds is 4. The molecule has 0 bridgehead atoms. The number of carbonyl (C=O) groups is 1. The Morgan fingerprint density at radius 1 is 1.36 bits per heavy atom. The van der Waals surface area contributed by atoms with E-state index in [1.807, 2.05) is 31.4 Å². The monoisotopic (exact) mass is 320 g/mol. The van der Waals surface area contributed by atoms with Gasteiger partial charge in [0.15, 0.2) is 0 Å². The predicted molar refractivity (Wildman–Crippen MR) is 88.0 cm³/mol. The summed E-state index contributed by atoms with van der Waals surface area (Å²) < 4.78 is 1.79. The average Bonchev–Trinajstić information content (AvgIpc) is 3.09. The van der Waals surface area contributed by atoms with E-state index in [0.29, 0.717) is 6.54 Å². The third kappa shape index (κ3) is 3.31. The molecule has 0 unspecified atom stereocenters. The molecular weight excluding hydrogens is 300 g/mol. The molecule has 5 nitrogen and oxygen atoms in total. The van der Waals surface area contributed by atoms with Crippen molar-refractivity contribution >= 4 is 18.3 Å². The lowest BCUT2D eigenvalue weighted by Crippen LogP contribution is -2.23. The third-order valence-corrected chi connectivity index (χ3v) is 3.87. The van der Waals surface area contributed by atoms with Crippen LogP contribution in [0.25, 0.3) is 0 Å². The fourth-order valence-corrected chi connectivity index (χ4v) is 2.74. The van der Waals surface area contributed by atoms with Gasteiger partial charge in [-0.2, -0.15) is 5.10 Å².